The number of anilines is 2. The molecule has 0 aliphatic heterocycles. The zero-order valence-electron chi connectivity index (χ0n) is 21.1. The summed E-state index contributed by atoms with van der Waals surface area (Å²) in [4.78, 5) is 51.2. The van der Waals surface area contributed by atoms with Crippen molar-refractivity contribution in [2.45, 2.75) is 6.42 Å². The number of ketones is 2. The van der Waals surface area contributed by atoms with Crippen LogP contribution >= 0.6 is 0 Å². The Morgan fingerprint density at radius 2 is 1.50 bits per heavy atom. The number of benzene rings is 2. The molecular formula is C29H27N5O4. The molecule has 2 amide bonds. The molecular weight excluding hydrogens is 482 g/mol. The minimum absolute atomic E-state index is 0.159. The van der Waals surface area contributed by atoms with E-state index in [2.05, 4.69) is 16.0 Å². The molecule has 3 N–H and O–H groups in total. The highest BCUT2D eigenvalue weighted by Gasteiger charge is 2.31. The number of aryl methyl sites for hydroxylation is 2. The van der Waals surface area contributed by atoms with Crippen molar-refractivity contribution in [3.05, 3.63) is 107 Å². The Morgan fingerprint density at radius 1 is 0.763 bits per heavy atom. The molecule has 0 fully saturated rings. The van der Waals surface area contributed by atoms with Crippen LogP contribution in [0.15, 0.2) is 73.1 Å². The van der Waals surface area contributed by atoms with Crippen LogP contribution in [0.25, 0.3) is 0 Å². The molecule has 9 heteroatoms. The summed E-state index contributed by atoms with van der Waals surface area (Å²) in [6, 6.07) is 17.2. The molecule has 0 saturated carbocycles. The Kier molecular flexibility index (Phi) is 6.66. The number of hydrogen-bond acceptors (Lipinski definition) is 5. The third-order valence-electron chi connectivity index (χ3n) is 6.58. The first-order valence-electron chi connectivity index (χ1n) is 12.3. The fraction of sp³-hybridized carbons (Fsp3) is 0.172. The van der Waals surface area contributed by atoms with E-state index in [1.54, 1.807) is 96.3 Å². The zero-order chi connectivity index (χ0) is 26.8. The van der Waals surface area contributed by atoms with E-state index < -0.39 is 0 Å². The van der Waals surface area contributed by atoms with E-state index in [4.69, 9.17) is 0 Å². The Bertz CT molecular complexity index is 1580. The number of nitrogens with zero attached hydrogens (tertiary/aromatic N) is 2. The average molecular weight is 510 g/mol. The minimum Gasteiger partial charge on any atom is -0.384 e. The quantitative estimate of drug-likeness (QED) is 0.277. The maximum absolute atomic E-state index is 13.1. The second-order valence-corrected chi connectivity index (χ2v) is 9.15. The number of rotatable bonds is 8. The van der Waals surface area contributed by atoms with Crippen molar-refractivity contribution in [1.29, 1.82) is 0 Å². The van der Waals surface area contributed by atoms with Gasteiger partial charge >= 0.3 is 0 Å². The standard InChI is InChI=1S/C29H27N5O4/c1-33-15-6-12-23(33)29(38)32-18-16-24(34(2)17-18)28(37)31-14-7-13-30-22-11-5-10-21-25(22)27(36)20-9-4-3-8-19(20)26(21)35/h3-6,8-12,15-17,30H,7,13-14H2,1-2H3,(H,31,37)(H,32,38). The summed E-state index contributed by atoms with van der Waals surface area (Å²) in [7, 11) is 3.53. The summed E-state index contributed by atoms with van der Waals surface area (Å²) in [6.07, 6.45) is 4.07. The number of amides is 2. The molecule has 192 valence electrons. The van der Waals surface area contributed by atoms with E-state index >= 15 is 0 Å². The van der Waals surface area contributed by atoms with Crippen LogP contribution in [0.2, 0.25) is 0 Å². The van der Waals surface area contributed by atoms with Crippen LogP contribution in [0.3, 0.4) is 0 Å². The molecule has 2 heterocycles. The van der Waals surface area contributed by atoms with Crippen molar-refractivity contribution >= 4 is 34.8 Å². The minimum atomic E-state index is -0.263. The topological polar surface area (TPSA) is 114 Å². The molecule has 38 heavy (non-hydrogen) atoms. The van der Waals surface area contributed by atoms with Gasteiger partial charge in [-0.3, -0.25) is 19.2 Å². The lowest BCUT2D eigenvalue weighted by Gasteiger charge is -2.20. The lowest BCUT2D eigenvalue weighted by atomic mass is 9.83. The fourth-order valence-electron chi connectivity index (χ4n) is 4.65. The maximum atomic E-state index is 13.1. The van der Waals surface area contributed by atoms with Gasteiger partial charge in [-0.1, -0.05) is 36.4 Å². The molecule has 9 nitrogen and oxygen atoms in total. The second-order valence-electron chi connectivity index (χ2n) is 9.15. The second kappa shape index (κ2) is 10.2. The number of nitrogens with one attached hydrogen (secondary N) is 3. The number of fused-ring (bicyclic) bond motifs is 2. The van der Waals surface area contributed by atoms with Gasteiger partial charge in [0.05, 0.1) is 11.3 Å². The van der Waals surface area contributed by atoms with Crippen LogP contribution in [0, 0.1) is 0 Å². The summed E-state index contributed by atoms with van der Waals surface area (Å²) < 4.78 is 3.38. The Balaban J connectivity index is 1.16. The summed E-state index contributed by atoms with van der Waals surface area (Å²) in [5.74, 6) is -0.854. The zero-order valence-corrected chi connectivity index (χ0v) is 21.1. The molecule has 0 bridgehead atoms. The molecule has 4 aromatic rings. The first-order valence-corrected chi connectivity index (χ1v) is 12.3. The van der Waals surface area contributed by atoms with E-state index in [-0.39, 0.29) is 23.4 Å². The Morgan fingerprint density at radius 3 is 2.24 bits per heavy atom. The maximum Gasteiger partial charge on any atom is 0.272 e. The lowest BCUT2D eigenvalue weighted by molar-refractivity contribution is 0.0943. The van der Waals surface area contributed by atoms with E-state index in [0.29, 0.717) is 64.5 Å². The van der Waals surface area contributed by atoms with Crippen molar-refractivity contribution < 1.29 is 19.2 Å². The third-order valence-corrected chi connectivity index (χ3v) is 6.58. The predicted molar refractivity (Wildman–Crippen MR) is 144 cm³/mol. The number of carbonyl (C=O) groups is 4. The summed E-state index contributed by atoms with van der Waals surface area (Å²) in [5, 5.41) is 8.94. The van der Waals surface area contributed by atoms with Gasteiger partial charge < -0.3 is 25.1 Å². The van der Waals surface area contributed by atoms with Gasteiger partial charge in [-0.05, 0) is 30.7 Å². The van der Waals surface area contributed by atoms with Gasteiger partial charge in [0.1, 0.15) is 11.4 Å². The van der Waals surface area contributed by atoms with Gasteiger partial charge in [0.2, 0.25) is 0 Å². The summed E-state index contributed by atoms with van der Waals surface area (Å²) >= 11 is 0. The van der Waals surface area contributed by atoms with E-state index in [0.717, 1.165) is 0 Å². The molecule has 0 atom stereocenters. The van der Waals surface area contributed by atoms with Crippen LogP contribution in [0.5, 0.6) is 0 Å². The lowest BCUT2D eigenvalue weighted by Crippen LogP contribution is -2.27. The van der Waals surface area contributed by atoms with Gasteiger partial charge in [0, 0.05) is 62.0 Å². The average Bonchev–Trinajstić information content (AvgIpc) is 3.51. The number of carbonyl (C=O) groups excluding carboxylic acids is 4. The highest BCUT2D eigenvalue weighted by molar-refractivity contribution is 6.30. The Hall–Kier alpha value is -4.92. The van der Waals surface area contributed by atoms with Crippen molar-refractivity contribution in [3.63, 3.8) is 0 Å². The summed E-state index contributed by atoms with van der Waals surface area (Å²) in [6.45, 7) is 0.887. The van der Waals surface area contributed by atoms with Gasteiger partial charge in [0.25, 0.3) is 11.8 Å². The van der Waals surface area contributed by atoms with Crippen LogP contribution in [0.4, 0.5) is 11.4 Å². The van der Waals surface area contributed by atoms with Crippen LogP contribution in [0.1, 0.15) is 59.2 Å². The fourth-order valence-corrected chi connectivity index (χ4v) is 4.65. The molecule has 2 aromatic heterocycles. The van der Waals surface area contributed by atoms with Gasteiger partial charge in [0.15, 0.2) is 11.6 Å². The smallest absolute Gasteiger partial charge is 0.272 e. The first-order chi connectivity index (χ1) is 18.3. The van der Waals surface area contributed by atoms with E-state index in [1.807, 2.05) is 0 Å². The van der Waals surface area contributed by atoms with Gasteiger partial charge in [-0.2, -0.15) is 0 Å². The third kappa shape index (κ3) is 4.61. The normalized spacial score (nSPS) is 12.1. The molecule has 1 aliphatic rings. The van der Waals surface area contributed by atoms with E-state index in [1.165, 1.54) is 0 Å². The molecule has 0 spiro atoms. The largest absolute Gasteiger partial charge is 0.384 e. The molecule has 0 saturated heterocycles. The van der Waals surface area contributed by atoms with Crippen molar-refractivity contribution in [1.82, 2.24) is 14.5 Å². The first kappa shape index (κ1) is 24.8. The molecule has 0 radical (unpaired) electrons. The number of hydrogen-bond donors (Lipinski definition) is 3. The SMILES string of the molecule is Cn1cc(NC(=O)c2cccn2C)cc1C(=O)NCCCNc1cccc2c1C(=O)c1ccccc1C2=O. The van der Waals surface area contributed by atoms with Crippen LogP contribution < -0.4 is 16.0 Å². The molecule has 5 rings (SSSR count). The highest BCUT2D eigenvalue weighted by Crippen LogP contribution is 2.31. The van der Waals surface area contributed by atoms with Crippen molar-refractivity contribution in [2.75, 3.05) is 23.7 Å². The van der Waals surface area contributed by atoms with Crippen molar-refractivity contribution in [2.24, 2.45) is 14.1 Å². The van der Waals surface area contributed by atoms with Crippen LogP contribution in [-0.2, 0) is 14.1 Å². The monoisotopic (exact) mass is 509 g/mol. The predicted octanol–water partition coefficient (Wildman–Crippen LogP) is 3.62. The van der Waals surface area contributed by atoms with Gasteiger partial charge in [-0.25, -0.2) is 0 Å². The molecule has 0 unspecified atom stereocenters. The van der Waals surface area contributed by atoms with Crippen LogP contribution in [-0.4, -0.2) is 45.6 Å². The number of aromatic nitrogens is 2. The molecule has 1 aliphatic carbocycles. The Labute approximate surface area is 219 Å². The highest BCUT2D eigenvalue weighted by atomic mass is 16.2. The van der Waals surface area contributed by atoms with Gasteiger partial charge in [-0.15, -0.1) is 0 Å². The summed E-state index contributed by atoms with van der Waals surface area (Å²) in [5.41, 5.74) is 3.67. The van der Waals surface area contributed by atoms with E-state index in [9.17, 15) is 19.2 Å². The molecule has 2 aromatic carbocycles. The van der Waals surface area contributed by atoms with Crippen molar-refractivity contribution in [3.8, 4) is 0 Å².